The van der Waals surface area contributed by atoms with Crippen LogP contribution in [0.4, 0.5) is 0 Å². The number of nitrogens with zero attached hydrogens (tertiary/aromatic N) is 2. The van der Waals surface area contributed by atoms with E-state index >= 15 is 0 Å². The lowest BCUT2D eigenvalue weighted by atomic mass is 10.00. The molecule has 1 heterocycles. The number of pyridine rings is 1. The van der Waals surface area contributed by atoms with E-state index in [0.29, 0.717) is 0 Å². The number of rotatable bonds is 9. The highest BCUT2D eigenvalue weighted by Crippen LogP contribution is 2.23. The number of unbranched alkanes of at least 4 members (excludes halogenated alkanes) is 1. The van der Waals surface area contributed by atoms with E-state index in [1.807, 2.05) is 25.1 Å². The summed E-state index contributed by atoms with van der Waals surface area (Å²) in [6.07, 6.45) is 4.65. The maximum atomic E-state index is 11.3. The van der Waals surface area contributed by atoms with Crippen LogP contribution in [0.15, 0.2) is 24.4 Å². The Balaban J connectivity index is 3.00. The van der Waals surface area contributed by atoms with Gasteiger partial charge < -0.3 is 11.5 Å². The lowest BCUT2D eigenvalue weighted by Gasteiger charge is -2.34. The van der Waals surface area contributed by atoms with Crippen molar-refractivity contribution in [2.75, 3.05) is 13.1 Å². The Labute approximate surface area is 121 Å². The maximum absolute atomic E-state index is 11.3. The second kappa shape index (κ2) is 8.66. The molecular formula is C15H26N4O. The quantitative estimate of drug-likeness (QED) is 0.716. The Morgan fingerprint density at radius 1 is 1.40 bits per heavy atom. The summed E-state index contributed by atoms with van der Waals surface area (Å²) in [5, 5.41) is 0. The minimum absolute atomic E-state index is 0.0684. The molecular weight excluding hydrogens is 252 g/mol. The zero-order valence-corrected chi connectivity index (χ0v) is 12.5. The van der Waals surface area contributed by atoms with Gasteiger partial charge in [0.15, 0.2) is 0 Å². The molecule has 0 bridgehead atoms. The average molecular weight is 278 g/mol. The highest BCUT2D eigenvalue weighted by molar-refractivity contribution is 5.76. The summed E-state index contributed by atoms with van der Waals surface area (Å²) in [5.74, 6) is -0.328. The third-order valence-corrected chi connectivity index (χ3v) is 3.42. The highest BCUT2D eigenvalue weighted by Gasteiger charge is 2.27. The van der Waals surface area contributed by atoms with Crippen LogP contribution < -0.4 is 11.5 Å². The van der Waals surface area contributed by atoms with Gasteiger partial charge in [0.2, 0.25) is 5.91 Å². The SMILES string of the molecule is CCCCN(CC(N)=O)C(c1ccccn1)C(N)CC. The maximum Gasteiger partial charge on any atom is 0.231 e. The summed E-state index contributed by atoms with van der Waals surface area (Å²) in [6, 6.07) is 5.64. The lowest BCUT2D eigenvalue weighted by Crippen LogP contribution is -2.45. The molecule has 0 spiro atoms. The number of amides is 1. The van der Waals surface area contributed by atoms with Crippen molar-refractivity contribution in [1.29, 1.82) is 0 Å². The Kier molecular flexibility index (Phi) is 7.18. The van der Waals surface area contributed by atoms with Gasteiger partial charge >= 0.3 is 0 Å². The molecule has 0 radical (unpaired) electrons. The van der Waals surface area contributed by atoms with Crippen molar-refractivity contribution < 1.29 is 4.79 Å². The largest absolute Gasteiger partial charge is 0.369 e. The van der Waals surface area contributed by atoms with Crippen molar-refractivity contribution in [2.24, 2.45) is 11.5 Å². The Bertz CT molecular complexity index is 396. The monoisotopic (exact) mass is 278 g/mol. The molecule has 1 aromatic heterocycles. The predicted molar refractivity (Wildman–Crippen MR) is 80.9 cm³/mol. The molecule has 0 aliphatic carbocycles. The molecule has 5 heteroatoms. The first-order chi connectivity index (χ1) is 9.60. The van der Waals surface area contributed by atoms with Crippen LogP contribution in [-0.4, -0.2) is 34.9 Å². The topological polar surface area (TPSA) is 85.2 Å². The summed E-state index contributed by atoms with van der Waals surface area (Å²) in [6.45, 7) is 5.18. The van der Waals surface area contributed by atoms with Crippen LogP contribution in [0.25, 0.3) is 0 Å². The van der Waals surface area contributed by atoms with Gasteiger partial charge in [-0.15, -0.1) is 0 Å². The molecule has 20 heavy (non-hydrogen) atoms. The van der Waals surface area contributed by atoms with Gasteiger partial charge in [0.05, 0.1) is 18.3 Å². The van der Waals surface area contributed by atoms with E-state index < -0.39 is 0 Å². The number of hydrogen-bond acceptors (Lipinski definition) is 4. The summed E-state index contributed by atoms with van der Waals surface area (Å²) >= 11 is 0. The number of carbonyl (C=O) groups excluding carboxylic acids is 1. The van der Waals surface area contributed by atoms with E-state index in [0.717, 1.165) is 31.5 Å². The van der Waals surface area contributed by atoms with Gasteiger partial charge in [0.1, 0.15) is 0 Å². The van der Waals surface area contributed by atoms with Gasteiger partial charge in [0.25, 0.3) is 0 Å². The van der Waals surface area contributed by atoms with Crippen LogP contribution in [0.1, 0.15) is 44.8 Å². The molecule has 0 aliphatic rings. The molecule has 1 rings (SSSR count). The molecule has 0 fully saturated rings. The summed E-state index contributed by atoms with van der Waals surface area (Å²) < 4.78 is 0. The first-order valence-corrected chi connectivity index (χ1v) is 7.29. The van der Waals surface area contributed by atoms with Gasteiger partial charge in [-0.3, -0.25) is 14.7 Å². The van der Waals surface area contributed by atoms with Crippen LogP contribution in [0.3, 0.4) is 0 Å². The zero-order chi connectivity index (χ0) is 15.0. The molecule has 2 unspecified atom stereocenters. The van der Waals surface area contributed by atoms with Gasteiger partial charge in [-0.05, 0) is 31.5 Å². The molecule has 5 nitrogen and oxygen atoms in total. The number of carbonyl (C=O) groups is 1. The fourth-order valence-electron chi connectivity index (χ4n) is 2.33. The van der Waals surface area contributed by atoms with Crippen LogP contribution in [0.2, 0.25) is 0 Å². The number of aromatic nitrogens is 1. The normalized spacial score (nSPS) is 14.2. The standard InChI is InChI=1S/C15H26N4O/c1-3-5-10-19(11-14(17)20)15(12(16)4-2)13-8-6-7-9-18-13/h6-9,12,15H,3-5,10-11,16H2,1-2H3,(H2,17,20). The van der Waals surface area contributed by atoms with E-state index in [2.05, 4.69) is 16.8 Å². The molecule has 0 aliphatic heterocycles. The minimum atomic E-state index is -0.328. The molecule has 1 amide bonds. The van der Waals surface area contributed by atoms with Crippen LogP contribution >= 0.6 is 0 Å². The Morgan fingerprint density at radius 2 is 2.15 bits per heavy atom. The van der Waals surface area contributed by atoms with Crippen molar-refractivity contribution in [3.8, 4) is 0 Å². The van der Waals surface area contributed by atoms with Crippen LogP contribution in [0, 0.1) is 0 Å². The van der Waals surface area contributed by atoms with E-state index in [4.69, 9.17) is 11.5 Å². The van der Waals surface area contributed by atoms with Crippen LogP contribution in [-0.2, 0) is 4.79 Å². The Hall–Kier alpha value is -1.46. The number of nitrogens with two attached hydrogens (primary N) is 2. The predicted octanol–water partition coefficient (Wildman–Crippen LogP) is 1.45. The van der Waals surface area contributed by atoms with Crippen molar-refractivity contribution in [1.82, 2.24) is 9.88 Å². The second-order valence-corrected chi connectivity index (χ2v) is 5.06. The molecule has 112 valence electrons. The third-order valence-electron chi connectivity index (χ3n) is 3.42. The van der Waals surface area contributed by atoms with E-state index in [-0.39, 0.29) is 24.5 Å². The highest BCUT2D eigenvalue weighted by atomic mass is 16.1. The van der Waals surface area contributed by atoms with E-state index in [1.165, 1.54) is 0 Å². The first-order valence-electron chi connectivity index (χ1n) is 7.29. The fraction of sp³-hybridized carbons (Fsp3) is 0.600. The summed E-state index contributed by atoms with van der Waals surface area (Å²) in [4.78, 5) is 17.8. The fourth-order valence-corrected chi connectivity index (χ4v) is 2.33. The Morgan fingerprint density at radius 3 is 2.65 bits per heavy atom. The molecule has 0 aromatic carbocycles. The minimum Gasteiger partial charge on any atom is -0.369 e. The summed E-state index contributed by atoms with van der Waals surface area (Å²) in [5.41, 5.74) is 12.5. The van der Waals surface area contributed by atoms with E-state index in [9.17, 15) is 4.79 Å². The molecule has 4 N–H and O–H groups in total. The third kappa shape index (κ3) is 4.90. The molecule has 0 saturated carbocycles. The van der Waals surface area contributed by atoms with Crippen molar-refractivity contribution in [3.05, 3.63) is 30.1 Å². The van der Waals surface area contributed by atoms with Crippen molar-refractivity contribution in [2.45, 2.75) is 45.2 Å². The number of hydrogen-bond donors (Lipinski definition) is 2. The van der Waals surface area contributed by atoms with Gasteiger partial charge in [0, 0.05) is 12.2 Å². The van der Waals surface area contributed by atoms with Gasteiger partial charge in [-0.2, -0.15) is 0 Å². The molecule has 2 atom stereocenters. The van der Waals surface area contributed by atoms with Crippen LogP contribution in [0.5, 0.6) is 0 Å². The average Bonchev–Trinajstić information content (AvgIpc) is 2.45. The number of primary amides is 1. The zero-order valence-electron chi connectivity index (χ0n) is 12.5. The summed E-state index contributed by atoms with van der Waals surface area (Å²) in [7, 11) is 0. The molecule has 0 saturated heterocycles. The smallest absolute Gasteiger partial charge is 0.231 e. The van der Waals surface area contributed by atoms with Crippen molar-refractivity contribution in [3.63, 3.8) is 0 Å². The molecule has 1 aromatic rings. The van der Waals surface area contributed by atoms with Gasteiger partial charge in [-0.25, -0.2) is 0 Å². The first kappa shape index (κ1) is 16.6. The second-order valence-electron chi connectivity index (χ2n) is 5.06. The van der Waals surface area contributed by atoms with E-state index in [1.54, 1.807) is 6.20 Å². The lowest BCUT2D eigenvalue weighted by molar-refractivity contribution is -0.119. The van der Waals surface area contributed by atoms with Gasteiger partial charge in [-0.1, -0.05) is 26.3 Å². The van der Waals surface area contributed by atoms with Crippen molar-refractivity contribution >= 4 is 5.91 Å².